The van der Waals surface area contributed by atoms with E-state index in [9.17, 15) is 4.79 Å². The maximum Gasteiger partial charge on any atom is 0.224 e. The molecule has 0 radical (unpaired) electrons. The Hall–Kier alpha value is -2.07. The van der Waals surface area contributed by atoms with E-state index in [2.05, 4.69) is 27.8 Å². The number of methoxy groups -OCH3 is 1. The molecule has 4 heteroatoms. The van der Waals surface area contributed by atoms with Crippen molar-refractivity contribution in [1.29, 1.82) is 0 Å². The molecule has 0 bridgehead atoms. The summed E-state index contributed by atoms with van der Waals surface area (Å²) in [6.07, 6.45) is 0.426. The van der Waals surface area contributed by atoms with Gasteiger partial charge in [-0.1, -0.05) is 41.6 Å². The number of benzene rings is 2. The highest BCUT2D eigenvalue weighted by Crippen LogP contribution is 2.34. The highest BCUT2D eigenvalue weighted by molar-refractivity contribution is 9.10. The molecule has 0 spiro atoms. The number of rotatable bonds is 5. The lowest BCUT2D eigenvalue weighted by Gasteiger charge is -2.17. The predicted octanol–water partition coefficient (Wildman–Crippen LogP) is 5.18. The quantitative estimate of drug-likeness (QED) is 0.784. The molecule has 0 fully saturated rings. The summed E-state index contributed by atoms with van der Waals surface area (Å²) >= 11 is 3.43. The molecule has 0 atom stereocenters. The van der Waals surface area contributed by atoms with Crippen LogP contribution in [0.3, 0.4) is 0 Å². The van der Waals surface area contributed by atoms with Gasteiger partial charge in [0.1, 0.15) is 5.75 Å². The van der Waals surface area contributed by atoms with Crippen molar-refractivity contribution >= 4 is 33.1 Å². The van der Waals surface area contributed by atoms with E-state index in [0.29, 0.717) is 6.42 Å². The molecule has 120 valence electrons. The molecule has 1 amide bonds. The van der Waals surface area contributed by atoms with Gasteiger partial charge in [-0.05, 0) is 47.9 Å². The van der Waals surface area contributed by atoms with Crippen molar-refractivity contribution in [2.24, 2.45) is 0 Å². The molecule has 2 aromatic carbocycles. The molecule has 0 aliphatic heterocycles. The lowest BCUT2D eigenvalue weighted by Crippen LogP contribution is -2.11. The van der Waals surface area contributed by atoms with Crippen LogP contribution in [0.4, 0.5) is 5.69 Å². The highest BCUT2D eigenvalue weighted by Gasteiger charge is 2.14. The number of carbonyl (C=O) groups excluding carboxylic acids is 1. The van der Waals surface area contributed by atoms with Gasteiger partial charge in [-0.2, -0.15) is 0 Å². The molecule has 23 heavy (non-hydrogen) atoms. The maximum atomic E-state index is 11.8. The van der Waals surface area contributed by atoms with E-state index >= 15 is 0 Å². The molecule has 1 N–H and O–H groups in total. The van der Waals surface area contributed by atoms with E-state index in [1.807, 2.05) is 50.2 Å². The molecule has 0 unspecified atom stereocenters. The summed E-state index contributed by atoms with van der Waals surface area (Å²) in [5, 5.41) is 2.95. The van der Waals surface area contributed by atoms with Crippen LogP contribution in [-0.4, -0.2) is 13.0 Å². The molecular formula is C19H20BrNO2. The van der Waals surface area contributed by atoms with Gasteiger partial charge in [0, 0.05) is 22.1 Å². The normalized spacial score (nSPS) is 10.3. The van der Waals surface area contributed by atoms with Crippen LogP contribution in [0.15, 0.2) is 47.4 Å². The number of carbonyl (C=O) groups is 1. The van der Waals surface area contributed by atoms with Gasteiger partial charge in [0.15, 0.2) is 0 Å². The van der Waals surface area contributed by atoms with Crippen LogP contribution < -0.4 is 10.1 Å². The zero-order valence-corrected chi connectivity index (χ0v) is 15.2. The SMILES string of the molecule is C=C(c1ccc(Br)cc1)c1cc(OC)c(C)cc1NC(=O)CC. The molecule has 0 heterocycles. The van der Waals surface area contributed by atoms with Crippen LogP contribution in [0.25, 0.3) is 5.57 Å². The molecule has 3 nitrogen and oxygen atoms in total. The molecule has 0 aromatic heterocycles. The summed E-state index contributed by atoms with van der Waals surface area (Å²) in [5.41, 5.74) is 4.40. The van der Waals surface area contributed by atoms with Crippen LogP contribution >= 0.6 is 15.9 Å². The summed E-state index contributed by atoms with van der Waals surface area (Å²) in [5.74, 6) is 0.743. The number of hydrogen-bond donors (Lipinski definition) is 1. The van der Waals surface area contributed by atoms with Gasteiger partial charge in [0.05, 0.1) is 7.11 Å². The Labute approximate surface area is 145 Å². The predicted molar refractivity (Wildman–Crippen MR) is 98.9 cm³/mol. The minimum Gasteiger partial charge on any atom is -0.496 e. The van der Waals surface area contributed by atoms with Crippen molar-refractivity contribution in [3.8, 4) is 5.75 Å². The minimum atomic E-state index is -0.0283. The van der Waals surface area contributed by atoms with Crippen LogP contribution in [0.1, 0.15) is 30.0 Å². The van der Waals surface area contributed by atoms with Crippen LogP contribution in [0.5, 0.6) is 5.75 Å². The van der Waals surface area contributed by atoms with Gasteiger partial charge in [0.2, 0.25) is 5.91 Å². The molecular weight excluding hydrogens is 354 g/mol. The Kier molecular flexibility index (Phi) is 5.61. The van der Waals surface area contributed by atoms with E-state index in [-0.39, 0.29) is 5.91 Å². The standard InChI is InChI=1S/C19H20BrNO2/c1-5-19(22)21-17-10-12(2)18(23-4)11-16(17)13(3)14-6-8-15(20)9-7-14/h6-11H,3,5H2,1-2,4H3,(H,21,22). The van der Waals surface area contributed by atoms with Crippen molar-refractivity contribution in [2.45, 2.75) is 20.3 Å². The molecule has 0 saturated carbocycles. The largest absolute Gasteiger partial charge is 0.496 e. The maximum absolute atomic E-state index is 11.8. The van der Waals surface area contributed by atoms with Gasteiger partial charge in [-0.3, -0.25) is 4.79 Å². The Morgan fingerprint density at radius 2 is 1.91 bits per heavy atom. The molecule has 0 saturated heterocycles. The number of hydrogen-bond acceptors (Lipinski definition) is 2. The van der Waals surface area contributed by atoms with Crippen LogP contribution in [-0.2, 0) is 4.79 Å². The second-order valence-electron chi connectivity index (χ2n) is 5.25. The molecule has 0 aliphatic carbocycles. The third-order valence-electron chi connectivity index (χ3n) is 3.65. The van der Waals surface area contributed by atoms with Gasteiger partial charge in [-0.25, -0.2) is 0 Å². The van der Waals surface area contributed by atoms with Crippen molar-refractivity contribution in [1.82, 2.24) is 0 Å². The van der Waals surface area contributed by atoms with Crippen LogP contribution in [0, 0.1) is 6.92 Å². The minimum absolute atomic E-state index is 0.0283. The number of ether oxygens (including phenoxy) is 1. The van der Waals surface area contributed by atoms with E-state index in [4.69, 9.17) is 4.74 Å². The number of anilines is 1. The van der Waals surface area contributed by atoms with Crippen molar-refractivity contribution < 1.29 is 9.53 Å². The van der Waals surface area contributed by atoms with Crippen LogP contribution in [0.2, 0.25) is 0 Å². The fourth-order valence-corrected chi connectivity index (χ4v) is 2.57. The fraction of sp³-hybridized carbons (Fsp3) is 0.211. The topological polar surface area (TPSA) is 38.3 Å². The third kappa shape index (κ3) is 4.02. The van der Waals surface area contributed by atoms with Gasteiger partial charge in [0.25, 0.3) is 0 Å². The van der Waals surface area contributed by atoms with E-state index in [1.165, 1.54) is 0 Å². The number of nitrogens with one attached hydrogen (secondary N) is 1. The average Bonchev–Trinajstić information content (AvgIpc) is 2.55. The van der Waals surface area contributed by atoms with E-state index in [1.54, 1.807) is 7.11 Å². The first-order chi connectivity index (χ1) is 11.0. The number of aryl methyl sites for hydroxylation is 1. The van der Waals surface area contributed by atoms with E-state index < -0.39 is 0 Å². The molecule has 2 rings (SSSR count). The zero-order chi connectivity index (χ0) is 17.0. The van der Waals surface area contributed by atoms with Crippen molar-refractivity contribution in [2.75, 3.05) is 12.4 Å². The monoisotopic (exact) mass is 373 g/mol. The van der Waals surface area contributed by atoms with Crippen molar-refractivity contribution in [3.05, 3.63) is 64.1 Å². The fourth-order valence-electron chi connectivity index (χ4n) is 2.31. The zero-order valence-electron chi connectivity index (χ0n) is 13.6. The first-order valence-electron chi connectivity index (χ1n) is 7.40. The number of amides is 1. The first kappa shape index (κ1) is 17.3. The molecule has 0 aliphatic rings. The Bertz CT molecular complexity index is 736. The number of halogens is 1. The Balaban J connectivity index is 2.51. The first-order valence-corrected chi connectivity index (χ1v) is 8.19. The molecule has 2 aromatic rings. The summed E-state index contributed by atoms with van der Waals surface area (Å²) in [4.78, 5) is 11.8. The highest BCUT2D eigenvalue weighted by atomic mass is 79.9. The second kappa shape index (κ2) is 7.47. The Morgan fingerprint density at radius 3 is 2.48 bits per heavy atom. The van der Waals surface area contributed by atoms with E-state index in [0.717, 1.165) is 38.2 Å². The average molecular weight is 374 g/mol. The third-order valence-corrected chi connectivity index (χ3v) is 4.18. The Morgan fingerprint density at radius 1 is 1.26 bits per heavy atom. The summed E-state index contributed by atoms with van der Waals surface area (Å²) < 4.78 is 6.43. The summed E-state index contributed by atoms with van der Waals surface area (Å²) in [6, 6.07) is 11.8. The van der Waals surface area contributed by atoms with Gasteiger partial charge >= 0.3 is 0 Å². The smallest absolute Gasteiger partial charge is 0.224 e. The lowest BCUT2D eigenvalue weighted by molar-refractivity contribution is -0.115. The van der Waals surface area contributed by atoms with Gasteiger partial charge in [-0.15, -0.1) is 0 Å². The summed E-state index contributed by atoms with van der Waals surface area (Å²) in [6.45, 7) is 7.98. The summed E-state index contributed by atoms with van der Waals surface area (Å²) in [7, 11) is 1.64. The lowest BCUT2D eigenvalue weighted by atomic mass is 9.96. The second-order valence-corrected chi connectivity index (χ2v) is 6.17. The van der Waals surface area contributed by atoms with Crippen molar-refractivity contribution in [3.63, 3.8) is 0 Å². The van der Waals surface area contributed by atoms with Gasteiger partial charge < -0.3 is 10.1 Å².